The van der Waals surface area contributed by atoms with Crippen molar-refractivity contribution in [2.24, 2.45) is 0 Å². The summed E-state index contributed by atoms with van der Waals surface area (Å²) in [4.78, 5) is 0. The lowest BCUT2D eigenvalue weighted by atomic mass is 10.1. The number of hydrogen-bond acceptors (Lipinski definition) is 4. The molecule has 1 N–H and O–H groups in total. The van der Waals surface area contributed by atoms with Crippen molar-refractivity contribution in [1.29, 1.82) is 0 Å². The molecule has 0 amide bonds. The molecule has 4 nitrogen and oxygen atoms in total. The largest absolute Gasteiger partial charge is 0.493 e. The minimum Gasteiger partial charge on any atom is -0.493 e. The fraction of sp³-hybridized carbons (Fsp3) is 0.600. The highest BCUT2D eigenvalue weighted by atomic mass is 16.5. The second-order valence-corrected chi connectivity index (χ2v) is 4.65. The summed E-state index contributed by atoms with van der Waals surface area (Å²) in [5, 5.41) is 3.43. The Morgan fingerprint density at radius 3 is 3.00 bits per heavy atom. The van der Waals surface area contributed by atoms with Crippen LogP contribution in [0.5, 0.6) is 11.5 Å². The summed E-state index contributed by atoms with van der Waals surface area (Å²) >= 11 is 0. The molecule has 1 saturated heterocycles. The summed E-state index contributed by atoms with van der Waals surface area (Å²) in [6.45, 7) is 5.18. The van der Waals surface area contributed by atoms with Gasteiger partial charge in [0.05, 0.1) is 19.8 Å². The predicted octanol–water partition coefficient (Wildman–Crippen LogP) is 2.36. The van der Waals surface area contributed by atoms with Crippen LogP contribution in [0.4, 0.5) is 0 Å². The standard InChI is InChI=1S/C15H23NO3/c1-3-18-15-12(6-4-8-14(15)17-2)10-16-11-13-7-5-9-19-13/h4,6,8,13,16H,3,5,7,9-11H2,1-2H3. The van der Waals surface area contributed by atoms with Crippen LogP contribution in [0.1, 0.15) is 25.3 Å². The first-order valence-corrected chi connectivity index (χ1v) is 6.96. The number of hydrogen-bond donors (Lipinski definition) is 1. The second kappa shape index (κ2) is 7.36. The lowest BCUT2D eigenvalue weighted by Crippen LogP contribution is -2.26. The molecule has 2 rings (SSSR count). The monoisotopic (exact) mass is 265 g/mol. The van der Waals surface area contributed by atoms with Crippen molar-refractivity contribution in [2.45, 2.75) is 32.4 Å². The SMILES string of the molecule is CCOc1c(CNCC2CCCO2)cccc1OC. The quantitative estimate of drug-likeness (QED) is 0.821. The third kappa shape index (κ3) is 3.85. The van der Waals surface area contributed by atoms with Gasteiger partial charge in [-0.15, -0.1) is 0 Å². The van der Waals surface area contributed by atoms with Gasteiger partial charge in [0.25, 0.3) is 0 Å². The second-order valence-electron chi connectivity index (χ2n) is 4.65. The first-order valence-electron chi connectivity index (χ1n) is 6.96. The van der Waals surface area contributed by atoms with E-state index >= 15 is 0 Å². The van der Waals surface area contributed by atoms with Crippen LogP contribution in [-0.2, 0) is 11.3 Å². The number of ether oxygens (including phenoxy) is 3. The van der Waals surface area contributed by atoms with Crippen LogP contribution >= 0.6 is 0 Å². The van der Waals surface area contributed by atoms with Gasteiger partial charge in [0.15, 0.2) is 11.5 Å². The van der Waals surface area contributed by atoms with Gasteiger partial charge in [0.2, 0.25) is 0 Å². The molecular weight excluding hydrogens is 242 g/mol. The molecule has 1 unspecified atom stereocenters. The topological polar surface area (TPSA) is 39.7 Å². The van der Waals surface area contributed by atoms with Crippen LogP contribution < -0.4 is 14.8 Å². The maximum absolute atomic E-state index is 5.69. The van der Waals surface area contributed by atoms with Gasteiger partial charge in [0.1, 0.15) is 0 Å². The van der Waals surface area contributed by atoms with E-state index in [-0.39, 0.29) is 0 Å². The Morgan fingerprint density at radius 1 is 1.42 bits per heavy atom. The van der Waals surface area contributed by atoms with Crippen molar-refractivity contribution in [3.8, 4) is 11.5 Å². The summed E-state index contributed by atoms with van der Waals surface area (Å²) in [6.07, 6.45) is 2.69. The van der Waals surface area contributed by atoms with Crippen molar-refractivity contribution >= 4 is 0 Å². The zero-order valence-electron chi connectivity index (χ0n) is 11.8. The zero-order chi connectivity index (χ0) is 13.5. The third-order valence-corrected chi connectivity index (χ3v) is 3.28. The predicted molar refractivity (Wildman–Crippen MR) is 74.8 cm³/mol. The summed E-state index contributed by atoms with van der Waals surface area (Å²) in [7, 11) is 1.67. The summed E-state index contributed by atoms with van der Waals surface area (Å²) in [5.41, 5.74) is 1.12. The van der Waals surface area contributed by atoms with Crippen LogP contribution in [0.15, 0.2) is 18.2 Å². The molecule has 0 saturated carbocycles. The lowest BCUT2D eigenvalue weighted by Gasteiger charge is -2.15. The first-order chi connectivity index (χ1) is 9.35. The highest BCUT2D eigenvalue weighted by molar-refractivity contribution is 5.46. The molecule has 1 heterocycles. The van der Waals surface area contributed by atoms with E-state index in [9.17, 15) is 0 Å². The van der Waals surface area contributed by atoms with Crippen molar-refractivity contribution in [3.05, 3.63) is 23.8 Å². The Morgan fingerprint density at radius 2 is 2.32 bits per heavy atom. The average Bonchev–Trinajstić information content (AvgIpc) is 2.94. The molecule has 1 aliphatic heterocycles. The van der Waals surface area contributed by atoms with Gasteiger partial charge in [0, 0.05) is 25.3 Å². The van der Waals surface area contributed by atoms with Crippen LogP contribution in [0.25, 0.3) is 0 Å². The molecule has 106 valence electrons. The van der Waals surface area contributed by atoms with Crippen molar-refractivity contribution in [3.63, 3.8) is 0 Å². The summed E-state index contributed by atoms with van der Waals surface area (Å²) in [6, 6.07) is 5.98. The molecule has 1 fully saturated rings. The maximum Gasteiger partial charge on any atom is 0.165 e. The van der Waals surface area contributed by atoms with Gasteiger partial charge in [-0.3, -0.25) is 0 Å². The normalized spacial score (nSPS) is 18.5. The molecule has 0 spiro atoms. The van der Waals surface area contributed by atoms with Gasteiger partial charge in [-0.05, 0) is 25.8 Å². The van der Waals surface area contributed by atoms with E-state index in [1.54, 1.807) is 7.11 Å². The van der Waals surface area contributed by atoms with Gasteiger partial charge in [-0.1, -0.05) is 12.1 Å². The molecule has 0 bridgehead atoms. The lowest BCUT2D eigenvalue weighted by molar-refractivity contribution is 0.110. The summed E-state index contributed by atoms with van der Waals surface area (Å²) in [5.74, 6) is 1.63. The van der Waals surface area contributed by atoms with E-state index < -0.39 is 0 Å². The van der Waals surface area contributed by atoms with Gasteiger partial charge < -0.3 is 19.5 Å². The zero-order valence-corrected chi connectivity index (χ0v) is 11.8. The maximum atomic E-state index is 5.69. The number of methoxy groups -OCH3 is 1. The van der Waals surface area contributed by atoms with Gasteiger partial charge in [-0.2, -0.15) is 0 Å². The molecule has 0 radical (unpaired) electrons. The molecule has 0 aromatic heterocycles. The van der Waals surface area contributed by atoms with Gasteiger partial charge >= 0.3 is 0 Å². The van der Waals surface area contributed by atoms with E-state index in [2.05, 4.69) is 11.4 Å². The fourth-order valence-electron chi connectivity index (χ4n) is 2.34. The van der Waals surface area contributed by atoms with Crippen LogP contribution in [0.2, 0.25) is 0 Å². The minimum absolute atomic E-state index is 0.362. The minimum atomic E-state index is 0.362. The van der Waals surface area contributed by atoms with E-state index in [4.69, 9.17) is 14.2 Å². The fourth-order valence-corrected chi connectivity index (χ4v) is 2.34. The van der Waals surface area contributed by atoms with Crippen LogP contribution in [0.3, 0.4) is 0 Å². The molecule has 1 aromatic carbocycles. The molecular formula is C15H23NO3. The Labute approximate surface area is 115 Å². The van der Waals surface area contributed by atoms with E-state index in [1.165, 1.54) is 6.42 Å². The Balaban J connectivity index is 1.94. The van der Waals surface area contributed by atoms with Crippen LogP contribution in [0, 0.1) is 0 Å². The molecule has 1 atom stereocenters. The van der Waals surface area contributed by atoms with Crippen molar-refractivity contribution < 1.29 is 14.2 Å². The van der Waals surface area contributed by atoms with Crippen molar-refractivity contribution in [2.75, 3.05) is 26.9 Å². The summed E-state index contributed by atoms with van der Waals surface area (Å²) < 4.78 is 16.6. The van der Waals surface area contributed by atoms with Crippen molar-refractivity contribution in [1.82, 2.24) is 5.32 Å². The van der Waals surface area contributed by atoms with E-state index in [0.717, 1.165) is 43.2 Å². The number of nitrogens with one attached hydrogen (secondary N) is 1. The molecule has 1 aliphatic rings. The van der Waals surface area contributed by atoms with Crippen LogP contribution in [-0.4, -0.2) is 33.0 Å². The number of para-hydroxylation sites is 1. The Kier molecular flexibility index (Phi) is 5.48. The first kappa shape index (κ1) is 14.2. The van der Waals surface area contributed by atoms with E-state index in [1.807, 2.05) is 19.1 Å². The molecule has 1 aromatic rings. The highest BCUT2D eigenvalue weighted by Gasteiger charge is 2.15. The number of benzene rings is 1. The average molecular weight is 265 g/mol. The third-order valence-electron chi connectivity index (χ3n) is 3.28. The Hall–Kier alpha value is -1.26. The molecule has 19 heavy (non-hydrogen) atoms. The molecule has 0 aliphatic carbocycles. The van der Waals surface area contributed by atoms with E-state index in [0.29, 0.717) is 12.7 Å². The highest BCUT2D eigenvalue weighted by Crippen LogP contribution is 2.31. The van der Waals surface area contributed by atoms with Gasteiger partial charge in [-0.25, -0.2) is 0 Å². The number of rotatable bonds is 7. The smallest absolute Gasteiger partial charge is 0.165 e. The Bertz CT molecular complexity index is 389. The molecule has 4 heteroatoms.